The molecule has 0 aromatic heterocycles. The predicted octanol–water partition coefficient (Wildman–Crippen LogP) is 5.11. The number of amides is 1. The highest BCUT2D eigenvalue weighted by molar-refractivity contribution is 7.92. The minimum Gasteiger partial charge on any atom is -0.322 e. The van der Waals surface area contributed by atoms with Gasteiger partial charge in [-0.25, -0.2) is 12.8 Å². The fourth-order valence-corrected chi connectivity index (χ4v) is 4.42. The van der Waals surface area contributed by atoms with Crippen LogP contribution in [0, 0.1) is 5.82 Å². The van der Waals surface area contributed by atoms with E-state index >= 15 is 0 Å². The molecule has 3 aromatic carbocycles. The summed E-state index contributed by atoms with van der Waals surface area (Å²) in [6.45, 7) is 3.68. The van der Waals surface area contributed by atoms with Gasteiger partial charge in [0.05, 0.1) is 27.7 Å². The molecule has 0 heterocycles. The lowest BCUT2D eigenvalue weighted by molar-refractivity contribution is 0.102. The Bertz CT molecular complexity index is 1170. The van der Waals surface area contributed by atoms with Gasteiger partial charge in [0.25, 0.3) is 15.9 Å². The van der Waals surface area contributed by atoms with E-state index in [0.717, 1.165) is 0 Å². The van der Waals surface area contributed by atoms with E-state index in [1.54, 1.807) is 30.3 Å². The second-order valence-corrected chi connectivity index (χ2v) is 8.53. The average Bonchev–Trinajstić information content (AvgIpc) is 2.74. The van der Waals surface area contributed by atoms with E-state index in [2.05, 4.69) is 11.9 Å². The number of anilines is 2. The zero-order valence-corrected chi connectivity index (χ0v) is 17.3. The Morgan fingerprint density at radius 2 is 1.73 bits per heavy atom. The third-order valence-corrected chi connectivity index (χ3v) is 6.33. The Hall–Kier alpha value is -3.16. The summed E-state index contributed by atoms with van der Waals surface area (Å²) < 4.78 is 40.8. The fraction of sp³-hybridized carbons (Fsp3) is 0.0455. The van der Waals surface area contributed by atoms with E-state index in [0.29, 0.717) is 11.4 Å². The van der Waals surface area contributed by atoms with Gasteiger partial charge in [-0.05, 0) is 54.6 Å². The van der Waals surface area contributed by atoms with Crippen LogP contribution in [-0.4, -0.2) is 20.9 Å². The number of hydrogen-bond acceptors (Lipinski definition) is 3. The number of carbonyl (C=O) groups is 1. The number of carbonyl (C=O) groups excluding carboxylic acids is 1. The summed E-state index contributed by atoms with van der Waals surface area (Å²) in [5.74, 6) is -1.05. The van der Waals surface area contributed by atoms with Crippen molar-refractivity contribution in [2.24, 2.45) is 0 Å². The highest BCUT2D eigenvalue weighted by Gasteiger charge is 2.26. The number of nitrogens with one attached hydrogen (secondary N) is 1. The van der Waals surface area contributed by atoms with Gasteiger partial charge in [0, 0.05) is 5.69 Å². The third-order valence-electron chi connectivity index (χ3n) is 4.21. The van der Waals surface area contributed by atoms with E-state index in [9.17, 15) is 17.6 Å². The molecule has 1 amide bonds. The summed E-state index contributed by atoms with van der Waals surface area (Å²) in [4.78, 5) is 12.6. The van der Waals surface area contributed by atoms with E-state index in [-0.39, 0.29) is 22.0 Å². The molecule has 30 heavy (non-hydrogen) atoms. The molecule has 5 nitrogen and oxygen atoms in total. The number of nitrogens with zero attached hydrogens (tertiary/aromatic N) is 1. The quantitative estimate of drug-likeness (QED) is 0.515. The molecule has 0 bridgehead atoms. The zero-order valence-electron chi connectivity index (χ0n) is 15.8. The molecule has 1 N–H and O–H groups in total. The van der Waals surface area contributed by atoms with Crippen LogP contribution in [0.4, 0.5) is 15.8 Å². The molecule has 0 radical (unpaired) electrons. The van der Waals surface area contributed by atoms with Gasteiger partial charge in [-0.1, -0.05) is 35.9 Å². The van der Waals surface area contributed by atoms with Crippen molar-refractivity contribution in [3.8, 4) is 0 Å². The van der Waals surface area contributed by atoms with Crippen LogP contribution in [0.5, 0.6) is 0 Å². The number of sulfonamides is 1. The van der Waals surface area contributed by atoms with E-state index < -0.39 is 21.7 Å². The molecule has 0 saturated heterocycles. The molecule has 0 atom stereocenters. The summed E-state index contributed by atoms with van der Waals surface area (Å²) in [6, 6.07) is 17.7. The lowest BCUT2D eigenvalue weighted by Crippen LogP contribution is -2.31. The Labute approximate surface area is 179 Å². The first-order chi connectivity index (χ1) is 14.3. The van der Waals surface area contributed by atoms with E-state index in [4.69, 9.17) is 11.6 Å². The van der Waals surface area contributed by atoms with Gasteiger partial charge < -0.3 is 5.32 Å². The standard InChI is InChI=1S/C22H18ClFN2O3S/c1-2-14-26(18-6-4-3-5-7-18)30(28,29)19-12-13-21(23)20(15-19)22(27)25-17-10-8-16(24)9-11-17/h2-13,15H,1,14H2,(H,25,27). The number of halogens is 2. The van der Waals surface area contributed by atoms with Crippen molar-refractivity contribution >= 4 is 38.9 Å². The SMILES string of the molecule is C=CCN(c1ccccc1)S(=O)(=O)c1ccc(Cl)c(C(=O)Nc2ccc(F)cc2)c1. The summed E-state index contributed by atoms with van der Waals surface area (Å²) in [5.41, 5.74) is 0.793. The monoisotopic (exact) mass is 444 g/mol. The van der Waals surface area contributed by atoms with Gasteiger partial charge in [-0.15, -0.1) is 6.58 Å². The molecule has 154 valence electrons. The van der Waals surface area contributed by atoms with Gasteiger partial charge in [0.15, 0.2) is 0 Å². The van der Waals surface area contributed by atoms with Crippen molar-refractivity contribution in [2.45, 2.75) is 4.90 Å². The molecule has 3 rings (SSSR count). The predicted molar refractivity (Wildman–Crippen MR) is 117 cm³/mol. The van der Waals surface area contributed by atoms with Crippen molar-refractivity contribution in [3.05, 3.63) is 102 Å². The molecule has 0 saturated carbocycles. The van der Waals surface area contributed by atoms with Crippen molar-refractivity contribution in [1.29, 1.82) is 0 Å². The van der Waals surface area contributed by atoms with Crippen molar-refractivity contribution in [1.82, 2.24) is 0 Å². The van der Waals surface area contributed by atoms with Crippen LogP contribution < -0.4 is 9.62 Å². The molecule has 8 heteroatoms. The summed E-state index contributed by atoms with van der Waals surface area (Å²) in [5, 5.41) is 2.66. The van der Waals surface area contributed by atoms with Crippen LogP contribution in [0.25, 0.3) is 0 Å². The normalized spacial score (nSPS) is 11.0. The van der Waals surface area contributed by atoms with Crippen LogP contribution in [0.2, 0.25) is 5.02 Å². The van der Waals surface area contributed by atoms with Crippen LogP contribution >= 0.6 is 11.6 Å². The third kappa shape index (κ3) is 4.69. The Morgan fingerprint density at radius 3 is 2.37 bits per heavy atom. The average molecular weight is 445 g/mol. The lowest BCUT2D eigenvalue weighted by Gasteiger charge is -2.23. The molecular weight excluding hydrogens is 427 g/mol. The van der Waals surface area contributed by atoms with Gasteiger partial charge in [0.2, 0.25) is 0 Å². The summed E-state index contributed by atoms with van der Waals surface area (Å²) in [7, 11) is -3.99. The molecular formula is C22H18ClFN2O3S. The van der Waals surface area contributed by atoms with Crippen molar-refractivity contribution < 1.29 is 17.6 Å². The van der Waals surface area contributed by atoms with Crippen molar-refractivity contribution in [2.75, 3.05) is 16.2 Å². The minimum atomic E-state index is -3.99. The molecule has 0 unspecified atom stereocenters. The Balaban J connectivity index is 1.97. The smallest absolute Gasteiger partial charge is 0.264 e. The molecule has 0 aliphatic heterocycles. The molecule has 0 aliphatic rings. The maximum Gasteiger partial charge on any atom is 0.264 e. The van der Waals surface area contributed by atoms with Gasteiger partial charge in [-0.3, -0.25) is 9.10 Å². The van der Waals surface area contributed by atoms with Crippen LogP contribution in [0.15, 0.2) is 90.3 Å². The largest absolute Gasteiger partial charge is 0.322 e. The number of rotatable bonds is 7. The second kappa shape index (κ2) is 9.11. The van der Waals surface area contributed by atoms with Gasteiger partial charge >= 0.3 is 0 Å². The molecule has 3 aromatic rings. The number of hydrogen-bond donors (Lipinski definition) is 1. The lowest BCUT2D eigenvalue weighted by atomic mass is 10.2. The first kappa shape index (κ1) is 21.5. The van der Waals surface area contributed by atoms with Crippen LogP contribution in [0.1, 0.15) is 10.4 Å². The van der Waals surface area contributed by atoms with Gasteiger partial charge in [-0.2, -0.15) is 0 Å². The highest BCUT2D eigenvalue weighted by atomic mass is 35.5. The van der Waals surface area contributed by atoms with Crippen LogP contribution in [-0.2, 0) is 10.0 Å². The fourth-order valence-electron chi connectivity index (χ4n) is 2.75. The maximum atomic E-state index is 13.3. The van der Waals surface area contributed by atoms with E-state index in [1.165, 1.54) is 52.8 Å². The maximum absolute atomic E-state index is 13.3. The second-order valence-electron chi connectivity index (χ2n) is 6.26. The van der Waals surface area contributed by atoms with Crippen molar-refractivity contribution in [3.63, 3.8) is 0 Å². The number of para-hydroxylation sites is 1. The minimum absolute atomic E-state index is 0.0197. The Morgan fingerprint density at radius 1 is 1.07 bits per heavy atom. The topological polar surface area (TPSA) is 66.5 Å². The van der Waals surface area contributed by atoms with Crippen LogP contribution in [0.3, 0.4) is 0 Å². The molecule has 0 spiro atoms. The number of benzene rings is 3. The summed E-state index contributed by atoms with van der Waals surface area (Å²) >= 11 is 6.14. The van der Waals surface area contributed by atoms with E-state index in [1.807, 2.05) is 0 Å². The Kier molecular flexibility index (Phi) is 6.54. The van der Waals surface area contributed by atoms with Gasteiger partial charge in [0.1, 0.15) is 5.82 Å². The zero-order chi connectivity index (χ0) is 21.7. The highest BCUT2D eigenvalue weighted by Crippen LogP contribution is 2.27. The molecule has 0 aliphatic carbocycles. The first-order valence-electron chi connectivity index (χ1n) is 8.88. The summed E-state index contributed by atoms with van der Waals surface area (Å²) in [6.07, 6.45) is 1.47. The first-order valence-corrected chi connectivity index (χ1v) is 10.7. The molecule has 0 fully saturated rings.